The highest BCUT2D eigenvalue weighted by Crippen LogP contribution is 2.37. The van der Waals surface area contributed by atoms with Gasteiger partial charge in [0.05, 0.1) is 6.61 Å². The molecule has 1 unspecified atom stereocenters. The Kier molecular flexibility index (Phi) is 3.91. The maximum atomic E-state index is 5.77. The first-order valence-electron chi connectivity index (χ1n) is 7.11. The number of ether oxygens (including phenoxy) is 2. The molecule has 0 aliphatic carbocycles. The molecule has 0 saturated carbocycles. The van der Waals surface area contributed by atoms with E-state index in [-0.39, 0.29) is 5.41 Å². The molecule has 0 aromatic heterocycles. The van der Waals surface area contributed by atoms with E-state index >= 15 is 0 Å². The summed E-state index contributed by atoms with van der Waals surface area (Å²) in [6.45, 7) is 13.0. The van der Waals surface area contributed by atoms with Crippen molar-refractivity contribution in [2.45, 2.75) is 52.6 Å². The van der Waals surface area contributed by atoms with Crippen molar-refractivity contribution in [1.29, 1.82) is 0 Å². The van der Waals surface area contributed by atoms with Gasteiger partial charge in [-0.1, -0.05) is 46.8 Å². The third-order valence-corrected chi connectivity index (χ3v) is 3.43. The van der Waals surface area contributed by atoms with Crippen LogP contribution in [-0.2, 0) is 10.2 Å². The Morgan fingerprint density at radius 3 is 2.47 bits per heavy atom. The van der Waals surface area contributed by atoms with Crippen LogP contribution in [0.1, 0.15) is 46.6 Å². The van der Waals surface area contributed by atoms with Crippen LogP contribution in [0.15, 0.2) is 24.3 Å². The molecule has 0 radical (unpaired) electrons. The van der Waals surface area contributed by atoms with Crippen molar-refractivity contribution in [3.8, 4) is 5.75 Å². The molecule has 0 N–H and O–H groups in total. The predicted octanol–water partition coefficient (Wildman–Crippen LogP) is 4.18. The van der Waals surface area contributed by atoms with Gasteiger partial charge in [0, 0.05) is 0 Å². The number of hydrogen-bond donors (Lipinski definition) is 0. The molecule has 1 fully saturated rings. The summed E-state index contributed by atoms with van der Waals surface area (Å²) >= 11 is 0. The average Bonchev–Trinajstić information content (AvgIpc) is 3.07. The Morgan fingerprint density at radius 1 is 1.21 bits per heavy atom. The van der Waals surface area contributed by atoms with Gasteiger partial charge in [0.1, 0.15) is 18.5 Å². The zero-order chi connectivity index (χ0) is 14.1. The number of benzene rings is 1. The van der Waals surface area contributed by atoms with Crippen LogP contribution < -0.4 is 4.74 Å². The molecular formula is C17H26O2. The van der Waals surface area contributed by atoms with Crippen molar-refractivity contribution < 1.29 is 9.47 Å². The minimum absolute atomic E-state index is 0.160. The van der Waals surface area contributed by atoms with Gasteiger partial charge >= 0.3 is 0 Å². The Labute approximate surface area is 117 Å². The Morgan fingerprint density at radius 2 is 1.89 bits per heavy atom. The molecule has 1 aromatic carbocycles. The van der Waals surface area contributed by atoms with Gasteiger partial charge < -0.3 is 9.47 Å². The zero-order valence-corrected chi connectivity index (χ0v) is 12.8. The second-order valence-electron chi connectivity index (χ2n) is 7.42. The minimum atomic E-state index is 0.160. The van der Waals surface area contributed by atoms with E-state index in [1.807, 2.05) is 6.07 Å². The van der Waals surface area contributed by atoms with Crippen LogP contribution in [0.5, 0.6) is 5.75 Å². The lowest BCUT2D eigenvalue weighted by atomic mass is 9.72. The van der Waals surface area contributed by atoms with Gasteiger partial charge in [0.15, 0.2) is 0 Å². The van der Waals surface area contributed by atoms with Gasteiger partial charge in [-0.2, -0.15) is 0 Å². The summed E-state index contributed by atoms with van der Waals surface area (Å²) < 4.78 is 10.9. The molecule has 1 aliphatic heterocycles. The molecule has 2 heteroatoms. The Balaban J connectivity index is 2.07. The molecule has 2 rings (SSSR count). The molecule has 106 valence electrons. The van der Waals surface area contributed by atoms with Crippen LogP contribution in [0, 0.1) is 5.41 Å². The van der Waals surface area contributed by atoms with E-state index in [0.29, 0.717) is 18.1 Å². The molecule has 2 nitrogen and oxygen atoms in total. The van der Waals surface area contributed by atoms with E-state index in [0.717, 1.165) is 18.8 Å². The number of hydrogen-bond acceptors (Lipinski definition) is 2. The van der Waals surface area contributed by atoms with E-state index in [2.05, 4.69) is 52.8 Å². The SMILES string of the molecule is CC(C)(C)CC(C)(C)c1cccc(OCC2CO2)c1. The fourth-order valence-electron chi connectivity index (χ4n) is 2.79. The Bertz CT molecular complexity index is 425. The highest BCUT2D eigenvalue weighted by atomic mass is 16.6. The maximum Gasteiger partial charge on any atom is 0.119 e. The molecule has 1 atom stereocenters. The van der Waals surface area contributed by atoms with Crippen molar-refractivity contribution in [1.82, 2.24) is 0 Å². The van der Waals surface area contributed by atoms with Crippen molar-refractivity contribution in [3.63, 3.8) is 0 Å². The molecule has 0 bridgehead atoms. The highest BCUT2D eigenvalue weighted by Gasteiger charge is 2.28. The lowest BCUT2D eigenvalue weighted by Gasteiger charge is -2.33. The van der Waals surface area contributed by atoms with Crippen LogP contribution in [-0.4, -0.2) is 19.3 Å². The van der Waals surface area contributed by atoms with E-state index in [1.165, 1.54) is 5.56 Å². The van der Waals surface area contributed by atoms with E-state index in [4.69, 9.17) is 9.47 Å². The fraction of sp³-hybridized carbons (Fsp3) is 0.647. The number of epoxide rings is 1. The third-order valence-electron chi connectivity index (χ3n) is 3.43. The summed E-state index contributed by atoms with van der Waals surface area (Å²) in [4.78, 5) is 0. The first-order chi connectivity index (χ1) is 8.76. The monoisotopic (exact) mass is 262 g/mol. The summed E-state index contributed by atoms with van der Waals surface area (Å²) in [7, 11) is 0. The first kappa shape index (κ1) is 14.4. The van der Waals surface area contributed by atoms with Gasteiger partial charge in [-0.3, -0.25) is 0 Å². The lowest BCUT2D eigenvalue weighted by molar-refractivity contribution is 0.260. The van der Waals surface area contributed by atoms with Crippen LogP contribution in [0.3, 0.4) is 0 Å². The fourth-order valence-corrected chi connectivity index (χ4v) is 2.79. The van der Waals surface area contributed by atoms with Crippen molar-refractivity contribution in [2.24, 2.45) is 5.41 Å². The van der Waals surface area contributed by atoms with Crippen molar-refractivity contribution in [3.05, 3.63) is 29.8 Å². The molecular weight excluding hydrogens is 236 g/mol. The molecule has 1 saturated heterocycles. The molecule has 0 spiro atoms. The minimum Gasteiger partial charge on any atom is -0.491 e. The van der Waals surface area contributed by atoms with E-state index < -0.39 is 0 Å². The second kappa shape index (κ2) is 5.16. The summed E-state index contributed by atoms with van der Waals surface area (Å²) in [5.41, 5.74) is 1.83. The molecule has 1 heterocycles. The first-order valence-corrected chi connectivity index (χ1v) is 7.11. The van der Waals surface area contributed by atoms with Gasteiger partial charge in [0.2, 0.25) is 0 Å². The molecule has 19 heavy (non-hydrogen) atoms. The van der Waals surface area contributed by atoms with Crippen molar-refractivity contribution in [2.75, 3.05) is 13.2 Å². The van der Waals surface area contributed by atoms with Gasteiger partial charge in [-0.25, -0.2) is 0 Å². The molecule has 0 amide bonds. The van der Waals surface area contributed by atoms with Gasteiger partial charge in [-0.05, 0) is 34.9 Å². The standard InChI is InChI=1S/C17H26O2/c1-16(2,3)12-17(4,5)13-7-6-8-14(9-13)18-10-15-11-19-15/h6-9,15H,10-12H2,1-5H3. The van der Waals surface area contributed by atoms with E-state index in [9.17, 15) is 0 Å². The summed E-state index contributed by atoms with van der Waals surface area (Å²) in [6, 6.07) is 8.49. The van der Waals surface area contributed by atoms with Crippen LogP contribution in [0.2, 0.25) is 0 Å². The largest absolute Gasteiger partial charge is 0.491 e. The smallest absolute Gasteiger partial charge is 0.119 e. The summed E-state index contributed by atoms with van der Waals surface area (Å²) in [6.07, 6.45) is 1.46. The van der Waals surface area contributed by atoms with Crippen LogP contribution in [0.25, 0.3) is 0 Å². The average molecular weight is 262 g/mol. The molecule has 1 aromatic rings. The quantitative estimate of drug-likeness (QED) is 0.743. The predicted molar refractivity (Wildman–Crippen MR) is 78.8 cm³/mol. The van der Waals surface area contributed by atoms with E-state index in [1.54, 1.807) is 0 Å². The lowest BCUT2D eigenvalue weighted by Crippen LogP contribution is -2.24. The normalized spacial score (nSPS) is 19.3. The van der Waals surface area contributed by atoms with Gasteiger partial charge in [0.25, 0.3) is 0 Å². The van der Waals surface area contributed by atoms with Crippen LogP contribution >= 0.6 is 0 Å². The highest BCUT2D eigenvalue weighted by molar-refractivity contribution is 5.33. The molecule has 1 aliphatic rings. The summed E-state index contributed by atoms with van der Waals surface area (Å²) in [5, 5.41) is 0. The maximum absolute atomic E-state index is 5.77. The van der Waals surface area contributed by atoms with Gasteiger partial charge in [-0.15, -0.1) is 0 Å². The topological polar surface area (TPSA) is 21.8 Å². The Hall–Kier alpha value is -1.02. The number of rotatable bonds is 5. The van der Waals surface area contributed by atoms with Crippen LogP contribution in [0.4, 0.5) is 0 Å². The van der Waals surface area contributed by atoms with Crippen molar-refractivity contribution >= 4 is 0 Å². The second-order valence-corrected chi connectivity index (χ2v) is 7.42. The summed E-state index contributed by atoms with van der Waals surface area (Å²) in [5.74, 6) is 0.954. The zero-order valence-electron chi connectivity index (χ0n) is 12.8. The third kappa shape index (κ3) is 4.54.